The second-order valence-corrected chi connectivity index (χ2v) is 8.25. The number of aromatic nitrogens is 3. The van der Waals surface area contributed by atoms with Crippen LogP contribution in [0.15, 0.2) is 75.3 Å². The van der Waals surface area contributed by atoms with Crippen molar-refractivity contribution in [2.24, 2.45) is 5.10 Å². The highest BCUT2D eigenvalue weighted by atomic mass is 35.5. The molecule has 11 heteroatoms. The molecular formula is C21H15ClN6O3S. The number of anilines is 1. The molecule has 1 aliphatic rings. The Morgan fingerprint density at radius 2 is 1.81 bits per heavy atom. The molecule has 0 aliphatic carbocycles. The van der Waals surface area contributed by atoms with Crippen LogP contribution in [0.3, 0.4) is 0 Å². The number of halogens is 1. The lowest BCUT2D eigenvalue weighted by atomic mass is 10.1. The zero-order valence-corrected chi connectivity index (χ0v) is 18.0. The molecule has 0 unspecified atom stereocenters. The minimum absolute atomic E-state index is 0.0356. The molecule has 0 spiro atoms. The van der Waals surface area contributed by atoms with E-state index in [4.69, 9.17) is 16.0 Å². The van der Waals surface area contributed by atoms with Crippen LogP contribution in [0.5, 0.6) is 0 Å². The highest BCUT2D eigenvalue weighted by Crippen LogP contribution is 2.28. The van der Waals surface area contributed by atoms with Crippen LogP contribution in [0.25, 0.3) is 11.3 Å². The third-order valence-electron chi connectivity index (χ3n) is 4.78. The summed E-state index contributed by atoms with van der Waals surface area (Å²) in [6.45, 7) is 0.443. The number of thioether (sulfide) groups is 1. The highest BCUT2D eigenvalue weighted by Gasteiger charge is 2.22. The Hall–Kier alpha value is -3.63. The van der Waals surface area contributed by atoms with Gasteiger partial charge in [-0.15, -0.1) is 10.2 Å². The van der Waals surface area contributed by atoms with Gasteiger partial charge in [0.1, 0.15) is 11.5 Å². The Balaban J connectivity index is 1.36. The van der Waals surface area contributed by atoms with Gasteiger partial charge in [0.05, 0.1) is 11.5 Å². The standard InChI is InChI=1S/C21H15ClN6O3S/c22-14-3-5-15(6-4-14)23-11-20-24-25-21-27(20)26-17(12-32-21)19-10-9-18(31-19)13-1-7-16(8-2-13)28(29)30/h1-10,23H,11-12H2. The van der Waals surface area contributed by atoms with E-state index in [1.54, 1.807) is 16.8 Å². The molecular weight excluding hydrogens is 452 g/mol. The van der Waals surface area contributed by atoms with Crippen molar-refractivity contribution in [2.45, 2.75) is 11.7 Å². The van der Waals surface area contributed by atoms with Crippen LogP contribution in [0.1, 0.15) is 11.6 Å². The van der Waals surface area contributed by atoms with Gasteiger partial charge in [0.25, 0.3) is 5.69 Å². The summed E-state index contributed by atoms with van der Waals surface area (Å²) in [6, 6.07) is 17.3. The van der Waals surface area contributed by atoms with E-state index in [2.05, 4.69) is 20.6 Å². The van der Waals surface area contributed by atoms with Crippen molar-refractivity contribution in [3.63, 3.8) is 0 Å². The Morgan fingerprint density at radius 3 is 2.56 bits per heavy atom. The number of non-ortho nitro benzene ring substituents is 1. The normalized spacial score (nSPS) is 12.8. The average molecular weight is 467 g/mol. The second-order valence-electron chi connectivity index (χ2n) is 6.87. The summed E-state index contributed by atoms with van der Waals surface area (Å²) in [4.78, 5) is 10.4. The first-order valence-electron chi connectivity index (χ1n) is 9.56. The first-order valence-corrected chi connectivity index (χ1v) is 10.9. The number of nitrogens with one attached hydrogen (secondary N) is 1. The smallest absolute Gasteiger partial charge is 0.269 e. The number of rotatable bonds is 6. The molecule has 0 atom stereocenters. The minimum atomic E-state index is -0.429. The monoisotopic (exact) mass is 466 g/mol. The van der Waals surface area contributed by atoms with Crippen molar-refractivity contribution in [3.8, 4) is 11.3 Å². The van der Waals surface area contributed by atoms with Crippen molar-refractivity contribution < 1.29 is 9.34 Å². The molecule has 9 nitrogen and oxygen atoms in total. The van der Waals surface area contributed by atoms with Crippen molar-refractivity contribution in [1.29, 1.82) is 0 Å². The van der Waals surface area contributed by atoms with E-state index < -0.39 is 4.92 Å². The maximum Gasteiger partial charge on any atom is 0.269 e. The largest absolute Gasteiger partial charge is 0.455 e. The van der Waals surface area contributed by atoms with Crippen molar-refractivity contribution >= 4 is 40.4 Å². The molecule has 160 valence electrons. The Labute approximate surface area is 191 Å². The molecule has 0 bridgehead atoms. The van der Waals surface area contributed by atoms with Gasteiger partial charge in [-0.2, -0.15) is 9.78 Å². The number of nitro groups is 1. The third kappa shape index (κ3) is 4.10. The van der Waals surface area contributed by atoms with Crippen LogP contribution in [0, 0.1) is 10.1 Å². The first-order chi connectivity index (χ1) is 15.6. The molecule has 0 radical (unpaired) electrons. The first kappa shape index (κ1) is 20.3. The zero-order chi connectivity index (χ0) is 22.1. The van der Waals surface area contributed by atoms with Crippen LogP contribution in [0.4, 0.5) is 11.4 Å². The van der Waals surface area contributed by atoms with E-state index in [0.29, 0.717) is 39.8 Å². The van der Waals surface area contributed by atoms with Crippen molar-refractivity contribution in [2.75, 3.05) is 11.1 Å². The van der Waals surface area contributed by atoms with E-state index in [9.17, 15) is 10.1 Å². The molecule has 0 fully saturated rings. The van der Waals surface area contributed by atoms with Crippen LogP contribution in [-0.4, -0.2) is 31.3 Å². The summed E-state index contributed by atoms with van der Waals surface area (Å²) in [7, 11) is 0. The lowest BCUT2D eigenvalue weighted by Gasteiger charge is -2.13. The number of fused-ring (bicyclic) bond motifs is 1. The fourth-order valence-corrected chi connectivity index (χ4v) is 4.10. The molecule has 2 aromatic carbocycles. The van der Waals surface area contributed by atoms with Gasteiger partial charge in [0.15, 0.2) is 11.6 Å². The van der Waals surface area contributed by atoms with E-state index in [-0.39, 0.29) is 5.69 Å². The average Bonchev–Trinajstić information content (AvgIpc) is 3.46. The Morgan fingerprint density at radius 1 is 1.06 bits per heavy atom. The van der Waals surface area contributed by atoms with E-state index in [0.717, 1.165) is 17.0 Å². The van der Waals surface area contributed by atoms with Gasteiger partial charge in [-0.3, -0.25) is 10.1 Å². The molecule has 3 heterocycles. The highest BCUT2D eigenvalue weighted by molar-refractivity contribution is 7.99. The summed E-state index contributed by atoms with van der Waals surface area (Å²) in [6.07, 6.45) is 0. The minimum Gasteiger partial charge on any atom is -0.455 e. The molecule has 1 N–H and O–H groups in total. The van der Waals surface area contributed by atoms with Gasteiger partial charge in [-0.1, -0.05) is 23.4 Å². The predicted molar refractivity (Wildman–Crippen MR) is 122 cm³/mol. The van der Waals surface area contributed by atoms with Crippen LogP contribution in [0.2, 0.25) is 5.02 Å². The SMILES string of the molecule is O=[N+]([O-])c1ccc(-c2ccc(C3=Nn4c(CNc5ccc(Cl)cc5)nnc4SC3)o2)cc1. The maximum absolute atomic E-state index is 10.8. The fourth-order valence-electron chi connectivity index (χ4n) is 3.14. The second kappa shape index (κ2) is 8.48. The van der Waals surface area contributed by atoms with Gasteiger partial charge in [-0.25, -0.2) is 0 Å². The van der Waals surface area contributed by atoms with Crippen LogP contribution in [-0.2, 0) is 6.54 Å². The summed E-state index contributed by atoms with van der Waals surface area (Å²) in [5, 5.41) is 28.7. The van der Waals surface area contributed by atoms with Crippen molar-refractivity contribution in [3.05, 3.63) is 87.4 Å². The van der Waals surface area contributed by atoms with Gasteiger partial charge >= 0.3 is 0 Å². The van der Waals surface area contributed by atoms with Gasteiger partial charge in [0.2, 0.25) is 5.16 Å². The van der Waals surface area contributed by atoms with Gasteiger partial charge in [0, 0.05) is 34.2 Å². The lowest BCUT2D eigenvalue weighted by molar-refractivity contribution is -0.384. The van der Waals surface area contributed by atoms with E-state index >= 15 is 0 Å². The molecule has 0 saturated carbocycles. The third-order valence-corrected chi connectivity index (χ3v) is 5.97. The van der Waals surface area contributed by atoms with Crippen molar-refractivity contribution in [1.82, 2.24) is 14.9 Å². The quantitative estimate of drug-likeness (QED) is 0.312. The molecule has 32 heavy (non-hydrogen) atoms. The predicted octanol–water partition coefficient (Wildman–Crippen LogP) is 5.07. The van der Waals surface area contributed by atoms with Gasteiger partial charge < -0.3 is 9.73 Å². The number of hydrogen-bond donors (Lipinski definition) is 1. The topological polar surface area (TPSA) is 111 Å². The molecule has 0 amide bonds. The number of furan rings is 1. The fraction of sp³-hybridized carbons (Fsp3) is 0.0952. The summed E-state index contributed by atoms with van der Waals surface area (Å²) < 4.78 is 7.69. The molecule has 4 aromatic rings. The van der Waals surface area contributed by atoms with Crippen LogP contribution >= 0.6 is 23.4 Å². The Bertz CT molecular complexity index is 1310. The van der Waals surface area contributed by atoms with E-state index in [1.807, 2.05) is 36.4 Å². The molecule has 2 aromatic heterocycles. The zero-order valence-electron chi connectivity index (χ0n) is 16.4. The summed E-state index contributed by atoms with van der Waals surface area (Å²) >= 11 is 7.45. The summed E-state index contributed by atoms with van der Waals surface area (Å²) in [5.41, 5.74) is 2.46. The maximum atomic E-state index is 10.8. The van der Waals surface area contributed by atoms with E-state index in [1.165, 1.54) is 23.9 Å². The number of nitrogens with zero attached hydrogens (tertiary/aromatic N) is 5. The molecule has 1 aliphatic heterocycles. The molecule has 5 rings (SSSR count). The number of hydrogen-bond acceptors (Lipinski definition) is 8. The summed E-state index contributed by atoms with van der Waals surface area (Å²) in [5.74, 6) is 2.50. The number of benzene rings is 2. The number of nitro benzene ring substituents is 1. The lowest BCUT2D eigenvalue weighted by Crippen LogP contribution is -2.15. The van der Waals surface area contributed by atoms with Gasteiger partial charge in [-0.05, 0) is 48.5 Å². The van der Waals surface area contributed by atoms with Crippen LogP contribution < -0.4 is 5.32 Å². The molecule has 0 saturated heterocycles. The Kier molecular flexibility index (Phi) is 5.38.